The molecule has 1 saturated heterocycles. The van der Waals surface area contributed by atoms with Gasteiger partial charge < -0.3 is 18.9 Å². The SMILES string of the molecule is COc1cc(-c2cnc3[nH]c(=O)n(C4CCOCC4)c3n2)cc(OC)c1OC. The van der Waals surface area contributed by atoms with Gasteiger partial charge in [0.15, 0.2) is 22.8 Å². The van der Waals surface area contributed by atoms with Crippen molar-refractivity contribution in [1.29, 1.82) is 0 Å². The molecule has 0 saturated carbocycles. The van der Waals surface area contributed by atoms with Gasteiger partial charge in [-0.2, -0.15) is 0 Å². The number of H-pyrrole nitrogens is 1. The lowest BCUT2D eigenvalue weighted by atomic mass is 10.1. The van der Waals surface area contributed by atoms with Crippen LogP contribution in [-0.2, 0) is 4.74 Å². The van der Waals surface area contributed by atoms with Crippen molar-refractivity contribution in [3.63, 3.8) is 0 Å². The first-order valence-corrected chi connectivity index (χ1v) is 9.01. The van der Waals surface area contributed by atoms with Crippen LogP contribution in [0.1, 0.15) is 18.9 Å². The molecule has 28 heavy (non-hydrogen) atoms. The summed E-state index contributed by atoms with van der Waals surface area (Å²) in [5.41, 5.74) is 2.14. The topological polar surface area (TPSA) is 100 Å². The van der Waals surface area contributed by atoms with Crippen molar-refractivity contribution in [2.75, 3.05) is 34.5 Å². The maximum Gasteiger partial charge on any atom is 0.329 e. The number of hydrogen-bond donors (Lipinski definition) is 1. The van der Waals surface area contributed by atoms with E-state index in [4.69, 9.17) is 23.9 Å². The number of methoxy groups -OCH3 is 3. The lowest BCUT2D eigenvalue weighted by Gasteiger charge is -2.22. The first-order valence-electron chi connectivity index (χ1n) is 9.01. The number of rotatable bonds is 5. The van der Waals surface area contributed by atoms with Gasteiger partial charge >= 0.3 is 5.69 Å². The molecule has 0 unspecified atom stereocenters. The second kappa shape index (κ2) is 7.51. The molecule has 1 aromatic carbocycles. The minimum absolute atomic E-state index is 0.0412. The molecular weight excluding hydrogens is 364 g/mol. The van der Waals surface area contributed by atoms with Gasteiger partial charge in [0.25, 0.3) is 0 Å². The van der Waals surface area contributed by atoms with Gasteiger partial charge in [-0.3, -0.25) is 9.55 Å². The Balaban J connectivity index is 1.85. The van der Waals surface area contributed by atoms with E-state index in [1.165, 1.54) is 0 Å². The molecule has 4 rings (SSSR count). The normalized spacial score (nSPS) is 15.0. The van der Waals surface area contributed by atoms with Gasteiger partial charge in [0.1, 0.15) is 0 Å². The largest absolute Gasteiger partial charge is 0.493 e. The van der Waals surface area contributed by atoms with Crippen LogP contribution in [0.4, 0.5) is 0 Å². The molecule has 0 aliphatic carbocycles. The van der Waals surface area contributed by atoms with Crippen LogP contribution in [-0.4, -0.2) is 54.1 Å². The number of aromatic nitrogens is 4. The maximum atomic E-state index is 12.5. The molecule has 3 heterocycles. The van der Waals surface area contributed by atoms with Gasteiger partial charge in [0, 0.05) is 24.8 Å². The first-order chi connectivity index (χ1) is 13.7. The van der Waals surface area contributed by atoms with E-state index in [9.17, 15) is 4.79 Å². The van der Waals surface area contributed by atoms with Crippen molar-refractivity contribution < 1.29 is 18.9 Å². The van der Waals surface area contributed by atoms with E-state index in [2.05, 4.69) is 9.97 Å². The average molecular weight is 386 g/mol. The number of benzene rings is 1. The number of nitrogens with zero attached hydrogens (tertiary/aromatic N) is 3. The number of nitrogens with one attached hydrogen (secondary N) is 1. The number of ether oxygens (including phenoxy) is 4. The average Bonchev–Trinajstić information content (AvgIpc) is 3.07. The Hall–Kier alpha value is -3.07. The Labute approximate surface area is 161 Å². The van der Waals surface area contributed by atoms with Crippen molar-refractivity contribution >= 4 is 11.3 Å². The van der Waals surface area contributed by atoms with E-state index >= 15 is 0 Å². The van der Waals surface area contributed by atoms with Gasteiger partial charge in [-0.15, -0.1) is 0 Å². The number of fused-ring (bicyclic) bond motifs is 1. The van der Waals surface area contributed by atoms with E-state index in [0.29, 0.717) is 47.5 Å². The molecule has 0 atom stereocenters. The van der Waals surface area contributed by atoms with Crippen LogP contribution >= 0.6 is 0 Å². The smallest absolute Gasteiger partial charge is 0.329 e. The zero-order valence-electron chi connectivity index (χ0n) is 16.0. The Morgan fingerprint density at radius 1 is 1.11 bits per heavy atom. The van der Waals surface area contributed by atoms with Crippen molar-refractivity contribution in [2.24, 2.45) is 0 Å². The van der Waals surface area contributed by atoms with Gasteiger partial charge in [0.2, 0.25) is 5.75 Å². The van der Waals surface area contributed by atoms with E-state index in [0.717, 1.165) is 18.4 Å². The standard InChI is InChI=1S/C19H22N4O5/c1-25-14-8-11(9-15(26-2)16(14)27-3)13-10-20-17-18(21-13)23(19(24)22-17)12-4-6-28-7-5-12/h8-10,12H,4-7H2,1-3H3,(H,20,22,24). The molecule has 1 aliphatic heterocycles. The fourth-order valence-corrected chi connectivity index (χ4v) is 3.54. The lowest BCUT2D eigenvalue weighted by Crippen LogP contribution is -2.27. The summed E-state index contributed by atoms with van der Waals surface area (Å²) in [6, 6.07) is 3.65. The Morgan fingerprint density at radius 3 is 2.39 bits per heavy atom. The molecule has 148 valence electrons. The summed E-state index contributed by atoms with van der Waals surface area (Å²) in [6.07, 6.45) is 3.15. The molecule has 0 spiro atoms. The van der Waals surface area contributed by atoms with Gasteiger partial charge in [-0.1, -0.05) is 0 Å². The summed E-state index contributed by atoms with van der Waals surface area (Å²) >= 11 is 0. The molecule has 3 aromatic rings. The lowest BCUT2D eigenvalue weighted by molar-refractivity contribution is 0.0697. The molecule has 1 aliphatic rings. The molecule has 0 radical (unpaired) electrons. The van der Waals surface area contributed by atoms with Crippen LogP contribution in [0, 0.1) is 0 Å². The minimum atomic E-state index is -0.205. The van der Waals surface area contributed by atoms with Crippen LogP contribution < -0.4 is 19.9 Å². The van der Waals surface area contributed by atoms with Crippen LogP contribution in [0.25, 0.3) is 22.6 Å². The quantitative estimate of drug-likeness (QED) is 0.717. The second-order valence-corrected chi connectivity index (χ2v) is 6.49. The zero-order valence-corrected chi connectivity index (χ0v) is 16.0. The van der Waals surface area contributed by atoms with Crippen molar-refractivity contribution in [3.8, 4) is 28.5 Å². The fraction of sp³-hybridized carbons (Fsp3) is 0.421. The summed E-state index contributed by atoms with van der Waals surface area (Å²) in [6.45, 7) is 1.26. The van der Waals surface area contributed by atoms with Crippen LogP contribution in [0.15, 0.2) is 23.1 Å². The molecular formula is C19H22N4O5. The highest BCUT2D eigenvalue weighted by Gasteiger charge is 2.22. The Kier molecular flexibility index (Phi) is 4.91. The Bertz CT molecular complexity index is 1030. The van der Waals surface area contributed by atoms with Gasteiger partial charge in [-0.05, 0) is 25.0 Å². The van der Waals surface area contributed by atoms with E-state index in [1.807, 2.05) is 0 Å². The van der Waals surface area contributed by atoms with Gasteiger partial charge in [-0.25, -0.2) is 14.8 Å². The highest BCUT2D eigenvalue weighted by Crippen LogP contribution is 2.40. The number of imidazole rings is 1. The third kappa shape index (κ3) is 3.07. The van der Waals surface area contributed by atoms with E-state index < -0.39 is 0 Å². The first kappa shape index (κ1) is 18.3. The summed E-state index contributed by atoms with van der Waals surface area (Å²) < 4.78 is 23.3. The summed E-state index contributed by atoms with van der Waals surface area (Å²) in [5.74, 6) is 1.55. The molecule has 9 heteroatoms. The summed E-state index contributed by atoms with van der Waals surface area (Å²) in [5, 5.41) is 0. The zero-order chi connectivity index (χ0) is 19.7. The molecule has 1 fully saturated rings. The van der Waals surface area contributed by atoms with Crippen LogP contribution in [0.3, 0.4) is 0 Å². The maximum absolute atomic E-state index is 12.5. The van der Waals surface area contributed by atoms with Gasteiger partial charge in [0.05, 0.1) is 33.2 Å². The third-order valence-corrected chi connectivity index (χ3v) is 4.94. The van der Waals surface area contributed by atoms with Crippen molar-refractivity contribution in [1.82, 2.24) is 19.5 Å². The second-order valence-electron chi connectivity index (χ2n) is 6.49. The highest BCUT2D eigenvalue weighted by atomic mass is 16.5. The molecule has 1 N–H and O–H groups in total. The summed E-state index contributed by atoms with van der Waals surface area (Å²) in [7, 11) is 4.67. The highest BCUT2D eigenvalue weighted by molar-refractivity contribution is 5.73. The molecule has 9 nitrogen and oxygen atoms in total. The Morgan fingerprint density at radius 2 is 1.79 bits per heavy atom. The predicted molar refractivity (Wildman–Crippen MR) is 102 cm³/mol. The third-order valence-electron chi connectivity index (χ3n) is 4.94. The number of aromatic amines is 1. The summed E-state index contributed by atoms with van der Waals surface area (Å²) in [4.78, 5) is 24.4. The predicted octanol–water partition coefficient (Wildman–Crippen LogP) is 2.16. The molecule has 2 aromatic heterocycles. The van der Waals surface area contributed by atoms with E-state index in [1.54, 1.807) is 44.2 Å². The van der Waals surface area contributed by atoms with Crippen LogP contribution in [0.5, 0.6) is 17.2 Å². The van der Waals surface area contributed by atoms with Crippen molar-refractivity contribution in [2.45, 2.75) is 18.9 Å². The van der Waals surface area contributed by atoms with Crippen molar-refractivity contribution in [3.05, 3.63) is 28.8 Å². The number of hydrogen-bond acceptors (Lipinski definition) is 7. The van der Waals surface area contributed by atoms with Crippen LogP contribution in [0.2, 0.25) is 0 Å². The molecule has 0 bridgehead atoms. The molecule has 0 amide bonds. The van der Waals surface area contributed by atoms with E-state index in [-0.39, 0.29) is 11.7 Å². The fourth-order valence-electron chi connectivity index (χ4n) is 3.54. The minimum Gasteiger partial charge on any atom is -0.493 e. The monoisotopic (exact) mass is 386 g/mol.